The largest absolute Gasteiger partial charge is 0.490 e. The third kappa shape index (κ3) is 3.66. The van der Waals surface area contributed by atoms with Crippen molar-refractivity contribution >= 4 is 0 Å². The molecule has 4 nitrogen and oxygen atoms in total. The fraction of sp³-hybridized carbons (Fsp3) is 0.273. The van der Waals surface area contributed by atoms with Gasteiger partial charge in [-0.2, -0.15) is 0 Å². The molecule has 4 bridgehead atoms. The summed E-state index contributed by atoms with van der Waals surface area (Å²) in [5.74, 6) is 1.30. The number of rotatable bonds is 2. The van der Waals surface area contributed by atoms with Gasteiger partial charge >= 0.3 is 0 Å². The fourth-order valence-corrected chi connectivity index (χ4v) is 3.14. The molecule has 0 spiro atoms. The van der Waals surface area contributed by atoms with Crippen LogP contribution in [-0.4, -0.2) is 23.4 Å². The topological polar surface area (TPSA) is 58.9 Å². The fourth-order valence-electron chi connectivity index (χ4n) is 3.14. The minimum Gasteiger partial charge on any atom is -0.490 e. The Morgan fingerprint density at radius 2 is 1.19 bits per heavy atom. The van der Waals surface area contributed by atoms with E-state index in [1.165, 1.54) is 12.2 Å². The van der Waals surface area contributed by atoms with Gasteiger partial charge in [0.05, 0.1) is 0 Å². The molecule has 0 aliphatic carbocycles. The van der Waals surface area contributed by atoms with Crippen LogP contribution in [0.4, 0.5) is 0 Å². The Bertz CT molecular complexity index is 733. The maximum Gasteiger partial charge on any atom is 0.122 e. The third-order valence-corrected chi connectivity index (χ3v) is 4.85. The second-order valence-corrected chi connectivity index (χ2v) is 6.51. The van der Waals surface area contributed by atoms with E-state index in [0.717, 1.165) is 0 Å². The lowest BCUT2D eigenvalue weighted by atomic mass is 9.81. The molecule has 0 radical (unpaired) electrons. The molecule has 1 unspecified atom stereocenters. The molecule has 1 aliphatic heterocycles. The van der Waals surface area contributed by atoms with Gasteiger partial charge in [-0.15, -0.1) is 0 Å². The first kappa shape index (κ1) is 18.2. The quantitative estimate of drug-likeness (QED) is 0.810. The molecule has 2 aromatic rings. The molecule has 2 atom stereocenters. The Labute approximate surface area is 154 Å². The van der Waals surface area contributed by atoms with Crippen LogP contribution in [0, 0.1) is 0 Å². The van der Waals surface area contributed by atoms with Crippen LogP contribution in [0.5, 0.6) is 11.5 Å². The highest BCUT2D eigenvalue weighted by molar-refractivity contribution is 5.37. The second kappa shape index (κ2) is 7.36. The molecule has 2 aromatic carbocycles. The molecule has 26 heavy (non-hydrogen) atoms. The Morgan fingerprint density at radius 3 is 1.58 bits per heavy atom. The smallest absolute Gasteiger partial charge is 0.122 e. The maximum absolute atomic E-state index is 11.1. The summed E-state index contributed by atoms with van der Waals surface area (Å²) < 4.78 is 11.5. The van der Waals surface area contributed by atoms with E-state index in [1.54, 1.807) is 12.1 Å². The van der Waals surface area contributed by atoms with Crippen molar-refractivity contribution < 1.29 is 19.7 Å². The zero-order chi connectivity index (χ0) is 18.6. The predicted molar refractivity (Wildman–Crippen MR) is 101 cm³/mol. The van der Waals surface area contributed by atoms with Crippen LogP contribution in [0.3, 0.4) is 0 Å². The molecule has 0 saturated heterocycles. The van der Waals surface area contributed by atoms with E-state index in [9.17, 15) is 10.2 Å². The van der Waals surface area contributed by atoms with E-state index < -0.39 is 11.2 Å². The van der Waals surface area contributed by atoms with E-state index >= 15 is 0 Å². The zero-order valence-corrected chi connectivity index (χ0v) is 14.7. The van der Waals surface area contributed by atoms with Crippen LogP contribution in [0.2, 0.25) is 0 Å². The number of hydrogen-bond donors (Lipinski definition) is 2. The van der Waals surface area contributed by atoms with Gasteiger partial charge in [0.1, 0.15) is 35.9 Å². The average Bonchev–Trinajstić information content (AvgIpc) is 2.69. The summed E-state index contributed by atoms with van der Waals surface area (Å²) in [7, 11) is 0. The first-order valence-electron chi connectivity index (χ1n) is 8.68. The summed E-state index contributed by atoms with van der Waals surface area (Å²) in [5, 5.41) is 22.2. The molecule has 0 amide bonds. The molecule has 0 fully saturated rings. The van der Waals surface area contributed by atoms with Gasteiger partial charge in [-0.1, -0.05) is 49.6 Å². The Balaban J connectivity index is 2.02. The molecule has 3 rings (SSSR count). The number of ether oxygens (including phenoxy) is 2. The van der Waals surface area contributed by atoms with Crippen LogP contribution in [0.1, 0.15) is 24.0 Å². The molecule has 0 saturated carbocycles. The van der Waals surface area contributed by atoms with Gasteiger partial charge in [0.2, 0.25) is 0 Å². The number of aliphatic hydroxyl groups is 2. The highest BCUT2D eigenvalue weighted by Gasteiger charge is 2.33. The van der Waals surface area contributed by atoms with E-state index in [2.05, 4.69) is 13.2 Å². The maximum atomic E-state index is 11.1. The first-order chi connectivity index (χ1) is 12.5. The Morgan fingerprint density at radius 1 is 0.769 bits per heavy atom. The molecule has 4 heteroatoms. The van der Waals surface area contributed by atoms with Gasteiger partial charge in [0.25, 0.3) is 0 Å². The van der Waals surface area contributed by atoms with Crippen LogP contribution in [0.15, 0.2) is 73.8 Å². The van der Waals surface area contributed by atoms with Crippen molar-refractivity contribution in [2.45, 2.75) is 24.0 Å². The third-order valence-electron chi connectivity index (χ3n) is 4.85. The lowest BCUT2D eigenvalue weighted by molar-refractivity contribution is 0.0242. The van der Waals surface area contributed by atoms with E-state index in [0.29, 0.717) is 35.8 Å². The van der Waals surface area contributed by atoms with Crippen LogP contribution in [0.25, 0.3) is 0 Å². The molecular weight excluding hydrogens is 328 g/mol. The Hall–Kier alpha value is -2.56. The van der Waals surface area contributed by atoms with Gasteiger partial charge in [0, 0.05) is 0 Å². The summed E-state index contributed by atoms with van der Waals surface area (Å²) >= 11 is 0. The predicted octanol–water partition coefficient (Wildman–Crippen LogP) is 3.69. The molecule has 1 heterocycles. The van der Waals surface area contributed by atoms with Gasteiger partial charge in [0.15, 0.2) is 0 Å². The molecule has 0 aromatic heterocycles. The standard InChI is InChI=1S/C22H24O4/c1-3-21(23)11-12-22(24,4-2)18-8-6-10-20(16-18)26-14-13-25-19-9-5-7-17(21)15-19/h3-10,15-16,23-24H,1-2,11-14H2/t21-,22?/m0/s1. The highest BCUT2D eigenvalue weighted by Crippen LogP contribution is 2.37. The SMILES string of the molecule is C=CC1(O)CC[C@@](O)(C=C)c2cccc(c2)OCCOc2cccc1c2. The minimum absolute atomic E-state index is 0.271. The van der Waals surface area contributed by atoms with Gasteiger partial charge in [-0.3, -0.25) is 0 Å². The van der Waals surface area contributed by atoms with Gasteiger partial charge in [-0.25, -0.2) is 0 Å². The van der Waals surface area contributed by atoms with Crippen molar-refractivity contribution in [2.75, 3.05) is 13.2 Å². The van der Waals surface area contributed by atoms with Crippen molar-refractivity contribution in [3.63, 3.8) is 0 Å². The second-order valence-electron chi connectivity index (χ2n) is 6.51. The van der Waals surface area contributed by atoms with E-state index in [1.807, 2.05) is 36.4 Å². The summed E-state index contributed by atoms with van der Waals surface area (Å²) in [5.41, 5.74) is -1.23. The van der Waals surface area contributed by atoms with Gasteiger partial charge < -0.3 is 19.7 Å². The Kier molecular flexibility index (Phi) is 5.16. The summed E-state index contributed by atoms with van der Waals surface area (Å²) in [6.45, 7) is 8.32. The van der Waals surface area contributed by atoms with E-state index in [-0.39, 0.29) is 12.8 Å². The van der Waals surface area contributed by atoms with Crippen molar-refractivity contribution in [3.05, 3.63) is 85.0 Å². The molecule has 2 N–H and O–H groups in total. The monoisotopic (exact) mass is 352 g/mol. The van der Waals surface area contributed by atoms with E-state index in [4.69, 9.17) is 9.47 Å². The lowest BCUT2D eigenvalue weighted by Crippen LogP contribution is -2.30. The number of fused-ring (bicyclic) bond motifs is 4. The van der Waals surface area contributed by atoms with Crippen molar-refractivity contribution in [1.29, 1.82) is 0 Å². The number of hydrogen-bond acceptors (Lipinski definition) is 4. The van der Waals surface area contributed by atoms with Crippen molar-refractivity contribution in [2.24, 2.45) is 0 Å². The lowest BCUT2D eigenvalue weighted by Gasteiger charge is -2.31. The zero-order valence-electron chi connectivity index (χ0n) is 14.7. The minimum atomic E-state index is -1.28. The summed E-state index contributed by atoms with van der Waals surface area (Å²) in [6.07, 6.45) is 3.54. The first-order valence-corrected chi connectivity index (χ1v) is 8.68. The molecular formula is C22H24O4. The van der Waals surface area contributed by atoms with Crippen LogP contribution >= 0.6 is 0 Å². The normalized spacial score (nSPS) is 25.9. The average molecular weight is 352 g/mol. The van der Waals surface area contributed by atoms with Crippen LogP contribution < -0.4 is 9.47 Å². The number of benzene rings is 2. The summed E-state index contributed by atoms with van der Waals surface area (Å²) in [4.78, 5) is 0. The summed E-state index contributed by atoms with van der Waals surface area (Å²) in [6, 6.07) is 14.6. The van der Waals surface area contributed by atoms with Crippen LogP contribution in [-0.2, 0) is 11.2 Å². The van der Waals surface area contributed by atoms with Crippen molar-refractivity contribution in [3.8, 4) is 11.5 Å². The highest BCUT2D eigenvalue weighted by atomic mass is 16.5. The molecule has 136 valence electrons. The van der Waals surface area contributed by atoms with Gasteiger partial charge in [-0.05, 0) is 48.2 Å². The van der Waals surface area contributed by atoms with Crippen molar-refractivity contribution in [1.82, 2.24) is 0 Å². The molecule has 1 aliphatic rings.